The number of nitrogens with zero attached hydrogens (tertiary/aromatic N) is 1. The molecule has 20 heavy (non-hydrogen) atoms. The van der Waals surface area contributed by atoms with Crippen LogP contribution in [0.4, 0.5) is 0 Å². The van der Waals surface area contributed by atoms with Crippen molar-refractivity contribution in [1.82, 2.24) is 10.4 Å². The van der Waals surface area contributed by atoms with E-state index in [1.807, 2.05) is 26.1 Å². The van der Waals surface area contributed by atoms with Crippen molar-refractivity contribution in [2.45, 2.75) is 60.1 Å². The average Bonchev–Trinajstić information content (AvgIpc) is 2.33. The SMILES string of the molecule is CC(C)Oc1cncc(C(CC(C)C(C)(C)C)NN)c1. The molecule has 0 bridgehead atoms. The minimum Gasteiger partial charge on any atom is -0.489 e. The molecule has 1 aromatic rings. The van der Waals surface area contributed by atoms with E-state index in [1.165, 1.54) is 0 Å². The minimum absolute atomic E-state index is 0.0902. The van der Waals surface area contributed by atoms with Gasteiger partial charge in [0.25, 0.3) is 0 Å². The molecular formula is C16H29N3O. The fourth-order valence-corrected chi connectivity index (χ4v) is 1.97. The van der Waals surface area contributed by atoms with Gasteiger partial charge in [-0.2, -0.15) is 0 Å². The Labute approximate surface area is 123 Å². The van der Waals surface area contributed by atoms with Crippen LogP contribution in [-0.4, -0.2) is 11.1 Å². The molecule has 0 aliphatic heterocycles. The minimum atomic E-state index is 0.0902. The number of hydrazine groups is 1. The molecule has 0 spiro atoms. The van der Waals surface area contributed by atoms with Crippen molar-refractivity contribution in [2.75, 3.05) is 0 Å². The monoisotopic (exact) mass is 279 g/mol. The summed E-state index contributed by atoms with van der Waals surface area (Å²) in [4.78, 5) is 4.26. The third kappa shape index (κ3) is 5.10. The largest absolute Gasteiger partial charge is 0.489 e. The molecule has 114 valence electrons. The van der Waals surface area contributed by atoms with Gasteiger partial charge in [-0.25, -0.2) is 0 Å². The van der Waals surface area contributed by atoms with E-state index in [1.54, 1.807) is 6.20 Å². The van der Waals surface area contributed by atoms with Crippen LogP contribution >= 0.6 is 0 Å². The molecule has 0 radical (unpaired) electrons. The highest BCUT2D eigenvalue weighted by Crippen LogP contribution is 2.33. The van der Waals surface area contributed by atoms with Gasteiger partial charge in [0.15, 0.2) is 0 Å². The lowest BCUT2D eigenvalue weighted by Gasteiger charge is -2.30. The van der Waals surface area contributed by atoms with Crippen LogP contribution in [0.2, 0.25) is 0 Å². The maximum atomic E-state index is 5.73. The quantitative estimate of drug-likeness (QED) is 0.618. The van der Waals surface area contributed by atoms with Crippen LogP contribution in [0.5, 0.6) is 5.75 Å². The first-order chi connectivity index (χ1) is 9.24. The van der Waals surface area contributed by atoms with Gasteiger partial charge in [-0.15, -0.1) is 0 Å². The first-order valence-corrected chi connectivity index (χ1v) is 7.31. The van der Waals surface area contributed by atoms with Gasteiger partial charge < -0.3 is 4.74 Å². The fraction of sp³-hybridized carbons (Fsp3) is 0.688. The van der Waals surface area contributed by atoms with Gasteiger partial charge in [0.05, 0.1) is 12.3 Å². The second-order valence-electron chi connectivity index (χ2n) is 6.84. The summed E-state index contributed by atoms with van der Waals surface area (Å²) in [5.74, 6) is 7.06. The number of aromatic nitrogens is 1. The van der Waals surface area contributed by atoms with E-state index in [9.17, 15) is 0 Å². The third-order valence-corrected chi connectivity index (χ3v) is 3.78. The number of hydrogen-bond donors (Lipinski definition) is 2. The Balaban J connectivity index is 2.84. The Morgan fingerprint density at radius 3 is 2.40 bits per heavy atom. The number of ether oxygens (including phenoxy) is 1. The lowest BCUT2D eigenvalue weighted by molar-refractivity contribution is 0.222. The predicted octanol–water partition coefficient (Wildman–Crippen LogP) is 3.45. The normalized spacial score (nSPS) is 15.2. The van der Waals surface area contributed by atoms with Gasteiger partial charge in [-0.05, 0) is 43.2 Å². The molecule has 0 aliphatic rings. The highest BCUT2D eigenvalue weighted by Gasteiger charge is 2.24. The summed E-state index contributed by atoms with van der Waals surface area (Å²) in [5, 5.41) is 0. The van der Waals surface area contributed by atoms with Gasteiger partial charge in [0, 0.05) is 12.2 Å². The molecule has 1 rings (SSSR count). The maximum Gasteiger partial charge on any atom is 0.138 e. The summed E-state index contributed by atoms with van der Waals surface area (Å²) in [6.07, 6.45) is 4.70. The Morgan fingerprint density at radius 1 is 1.25 bits per heavy atom. The van der Waals surface area contributed by atoms with E-state index in [4.69, 9.17) is 10.6 Å². The standard InChI is InChI=1S/C16H29N3O/c1-11(2)20-14-8-13(9-18-10-14)15(19-17)7-12(3)16(4,5)6/h8-12,15,19H,7,17H2,1-6H3. The van der Waals surface area contributed by atoms with Crippen molar-refractivity contribution < 1.29 is 4.74 Å². The number of rotatable bonds is 6. The van der Waals surface area contributed by atoms with Crippen LogP contribution in [0, 0.1) is 11.3 Å². The van der Waals surface area contributed by atoms with Gasteiger partial charge >= 0.3 is 0 Å². The molecule has 0 fully saturated rings. The first kappa shape index (κ1) is 16.9. The molecule has 3 N–H and O–H groups in total. The van der Waals surface area contributed by atoms with Crippen LogP contribution in [-0.2, 0) is 0 Å². The van der Waals surface area contributed by atoms with E-state index in [0.29, 0.717) is 5.92 Å². The van der Waals surface area contributed by atoms with E-state index >= 15 is 0 Å². The van der Waals surface area contributed by atoms with Gasteiger partial charge in [-0.1, -0.05) is 27.7 Å². The van der Waals surface area contributed by atoms with Crippen molar-refractivity contribution in [3.05, 3.63) is 24.0 Å². The number of pyridine rings is 1. The lowest BCUT2D eigenvalue weighted by Crippen LogP contribution is -2.32. The Kier molecular flexibility index (Phi) is 5.96. The molecule has 4 nitrogen and oxygen atoms in total. The smallest absolute Gasteiger partial charge is 0.138 e. The number of nitrogens with two attached hydrogens (primary N) is 1. The molecule has 0 saturated carbocycles. The van der Waals surface area contributed by atoms with Crippen LogP contribution < -0.4 is 16.0 Å². The lowest BCUT2D eigenvalue weighted by atomic mass is 9.78. The molecule has 4 heteroatoms. The molecule has 2 unspecified atom stereocenters. The zero-order valence-electron chi connectivity index (χ0n) is 13.6. The van der Waals surface area contributed by atoms with Gasteiger partial charge in [0.2, 0.25) is 0 Å². The highest BCUT2D eigenvalue weighted by atomic mass is 16.5. The van der Waals surface area contributed by atoms with E-state index < -0.39 is 0 Å². The zero-order chi connectivity index (χ0) is 15.3. The molecule has 0 amide bonds. The molecule has 1 heterocycles. The van der Waals surface area contributed by atoms with Crippen molar-refractivity contribution in [3.63, 3.8) is 0 Å². The summed E-state index contributed by atoms with van der Waals surface area (Å²) < 4.78 is 5.69. The van der Waals surface area contributed by atoms with Crippen molar-refractivity contribution in [2.24, 2.45) is 17.2 Å². The van der Waals surface area contributed by atoms with Crippen LogP contribution in [0.3, 0.4) is 0 Å². The molecule has 2 atom stereocenters. The molecule has 0 aliphatic carbocycles. The van der Waals surface area contributed by atoms with Gasteiger partial charge in [0.1, 0.15) is 5.75 Å². The van der Waals surface area contributed by atoms with E-state index in [0.717, 1.165) is 17.7 Å². The second kappa shape index (κ2) is 7.04. The Hall–Kier alpha value is -1.13. The Morgan fingerprint density at radius 2 is 1.90 bits per heavy atom. The third-order valence-electron chi connectivity index (χ3n) is 3.78. The highest BCUT2D eigenvalue weighted by molar-refractivity contribution is 5.26. The first-order valence-electron chi connectivity index (χ1n) is 7.31. The molecule has 1 aromatic heterocycles. The zero-order valence-corrected chi connectivity index (χ0v) is 13.6. The van der Waals surface area contributed by atoms with Crippen LogP contribution in [0.1, 0.15) is 59.6 Å². The van der Waals surface area contributed by atoms with E-state index in [-0.39, 0.29) is 17.6 Å². The maximum absolute atomic E-state index is 5.73. The summed E-state index contributed by atoms with van der Waals surface area (Å²) in [7, 11) is 0. The van der Waals surface area contributed by atoms with Crippen LogP contribution in [0.25, 0.3) is 0 Å². The predicted molar refractivity (Wildman–Crippen MR) is 83.3 cm³/mol. The Bertz CT molecular complexity index is 412. The summed E-state index contributed by atoms with van der Waals surface area (Å²) in [6.45, 7) is 13.0. The van der Waals surface area contributed by atoms with Crippen LogP contribution in [0.15, 0.2) is 18.5 Å². The van der Waals surface area contributed by atoms with Gasteiger partial charge in [-0.3, -0.25) is 16.3 Å². The van der Waals surface area contributed by atoms with Crippen molar-refractivity contribution in [3.8, 4) is 5.75 Å². The number of nitrogens with one attached hydrogen (secondary N) is 1. The van der Waals surface area contributed by atoms with E-state index in [2.05, 4.69) is 38.1 Å². The molecule has 0 saturated heterocycles. The summed E-state index contributed by atoms with van der Waals surface area (Å²) >= 11 is 0. The second-order valence-corrected chi connectivity index (χ2v) is 6.84. The van der Waals surface area contributed by atoms with Crippen molar-refractivity contribution in [1.29, 1.82) is 0 Å². The average molecular weight is 279 g/mol. The molecule has 0 aromatic carbocycles. The summed E-state index contributed by atoms with van der Waals surface area (Å²) in [5.41, 5.74) is 4.24. The molecular weight excluding hydrogens is 250 g/mol. The van der Waals surface area contributed by atoms with Crippen molar-refractivity contribution >= 4 is 0 Å². The number of hydrogen-bond acceptors (Lipinski definition) is 4. The fourth-order valence-electron chi connectivity index (χ4n) is 1.97. The topological polar surface area (TPSA) is 60.2 Å². The summed E-state index contributed by atoms with van der Waals surface area (Å²) in [6, 6.07) is 2.11.